The molecule has 2 aromatic carbocycles. The highest BCUT2D eigenvalue weighted by Gasteiger charge is 2.23. The molecular weight excluding hydrogens is 372 g/mol. The molecule has 7 heteroatoms. The van der Waals surface area contributed by atoms with Crippen LogP contribution in [0.3, 0.4) is 0 Å². The van der Waals surface area contributed by atoms with E-state index in [-0.39, 0.29) is 11.8 Å². The van der Waals surface area contributed by atoms with E-state index in [1.165, 1.54) is 21.3 Å². The van der Waals surface area contributed by atoms with Crippen molar-refractivity contribution in [2.45, 2.75) is 26.2 Å². The van der Waals surface area contributed by atoms with Crippen molar-refractivity contribution < 1.29 is 23.8 Å². The van der Waals surface area contributed by atoms with Crippen LogP contribution in [-0.2, 0) is 4.79 Å². The van der Waals surface area contributed by atoms with Crippen LogP contribution in [0.15, 0.2) is 30.3 Å². The summed E-state index contributed by atoms with van der Waals surface area (Å²) in [7, 11) is 4.48. The second-order valence-electron chi connectivity index (χ2n) is 6.84. The maximum atomic E-state index is 12.9. The Hall–Kier alpha value is -3.22. The summed E-state index contributed by atoms with van der Waals surface area (Å²) in [5, 5.41) is 2.89. The maximum Gasteiger partial charge on any atom is 0.259 e. The minimum atomic E-state index is -0.345. The number of nitrogens with one attached hydrogen (secondary N) is 1. The highest BCUT2D eigenvalue weighted by molar-refractivity contribution is 6.07. The SMILES string of the molecule is COc1ccc(C(=O)Nc2ccc(C)c(N3CCCCC3=O)c2)c(OC)c1OC. The summed E-state index contributed by atoms with van der Waals surface area (Å²) in [5.41, 5.74) is 2.74. The topological polar surface area (TPSA) is 77.1 Å². The van der Waals surface area contributed by atoms with Gasteiger partial charge in [0.2, 0.25) is 11.7 Å². The zero-order chi connectivity index (χ0) is 21.0. The van der Waals surface area contributed by atoms with Gasteiger partial charge in [-0.2, -0.15) is 0 Å². The van der Waals surface area contributed by atoms with E-state index in [0.717, 1.165) is 24.1 Å². The number of anilines is 2. The molecule has 0 atom stereocenters. The summed E-state index contributed by atoms with van der Waals surface area (Å²) in [6.45, 7) is 2.65. The van der Waals surface area contributed by atoms with Gasteiger partial charge in [0, 0.05) is 24.3 Å². The first kappa shape index (κ1) is 20.5. The highest BCUT2D eigenvalue weighted by atomic mass is 16.5. The predicted molar refractivity (Wildman–Crippen MR) is 111 cm³/mol. The van der Waals surface area contributed by atoms with Crippen LogP contribution in [0.4, 0.5) is 11.4 Å². The van der Waals surface area contributed by atoms with E-state index in [1.54, 1.807) is 17.0 Å². The number of hydrogen-bond acceptors (Lipinski definition) is 5. The van der Waals surface area contributed by atoms with E-state index >= 15 is 0 Å². The first-order valence-electron chi connectivity index (χ1n) is 9.51. The van der Waals surface area contributed by atoms with Gasteiger partial charge >= 0.3 is 0 Å². The molecule has 1 heterocycles. The Morgan fingerprint density at radius 3 is 2.41 bits per heavy atom. The minimum Gasteiger partial charge on any atom is -0.493 e. The number of carbonyl (C=O) groups excluding carboxylic acids is 2. The number of rotatable bonds is 6. The molecule has 0 aliphatic carbocycles. The van der Waals surface area contributed by atoms with E-state index < -0.39 is 0 Å². The molecule has 0 saturated carbocycles. The van der Waals surface area contributed by atoms with Gasteiger partial charge in [-0.3, -0.25) is 9.59 Å². The molecule has 0 unspecified atom stereocenters. The van der Waals surface area contributed by atoms with Crippen LogP contribution < -0.4 is 24.4 Å². The predicted octanol–water partition coefficient (Wildman–Crippen LogP) is 3.79. The summed E-state index contributed by atoms with van der Waals surface area (Å²) in [5.74, 6) is 0.892. The number of piperidine rings is 1. The fourth-order valence-electron chi connectivity index (χ4n) is 3.52. The van der Waals surface area contributed by atoms with Crippen molar-refractivity contribution in [1.82, 2.24) is 0 Å². The van der Waals surface area contributed by atoms with Gasteiger partial charge in [0.05, 0.1) is 26.9 Å². The van der Waals surface area contributed by atoms with Gasteiger partial charge in [-0.1, -0.05) is 6.07 Å². The van der Waals surface area contributed by atoms with Gasteiger partial charge in [-0.25, -0.2) is 0 Å². The molecule has 0 radical (unpaired) electrons. The van der Waals surface area contributed by atoms with Crippen LogP contribution in [0, 0.1) is 6.92 Å². The summed E-state index contributed by atoms with van der Waals surface area (Å²) >= 11 is 0. The minimum absolute atomic E-state index is 0.115. The monoisotopic (exact) mass is 398 g/mol. The molecule has 0 spiro atoms. The molecule has 1 saturated heterocycles. The third-order valence-corrected chi connectivity index (χ3v) is 5.03. The van der Waals surface area contributed by atoms with Crippen molar-refractivity contribution in [2.75, 3.05) is 38.1 Å². The number of amides is 2. The second-order valence-corrected chi connectivity index (χ2v) is 6.84. The standard InChI is InChI=1S/C22H26N2O5/c1-14-8-9-15(13-17(14)24-12-6-5-7-19(24)25)23-22(26)16-10-11-18(27-2)21(29-4)20(16)28-3/h8-11,13H,5-7,12H2,1-4H3,(H,23,26). The van der Waals surface area contributed by atoms with E-state index in [4.69, 9.17) is 14.2 Å². The van der Waals surface area contributed by atoms with Gasteiger partial charge in [0.15, 0.2) is 11.5 Å². The molecule has 29 heavy (non-hydrogen) atoms. The number of methoxy groups -OCH3 is 3. The number of carbonyl (C=O) groups is 2. The Balaban J connectivity index is 1.90. The first-order valence-corrected chi connectivity index (χ1v) is 9.51. The van der Waals surface area contributed by atoms with Crippen LogP contribution in [0.25, 0.3) is 0 Å². The first-order chi connectivity index (χ1) is 14.0. The van der Waals surface area contributed by atoms with Crippen LogP contribution in [0.5, 0.6) is 17.2 Å². The Morgan fingerprint density at radius 2 is 1.76 bits per heavy atom. The largest absolute Gasteiger partial charge is 0.493 e. The molecule has 2 amide bonds. The lowest BCUT2D eigenvalue weighted by atomic mass is 10.1. The van der Waals surface area contributed by atoms with Crippen molar-refractivity contribution >= 4 is 23.2 Å². The molecule has 3 rings (SSSR count). The van der Waals surface area contributed by atoms with Crippen LogP contribution in [0.1, 0.15) is 35.2 Å². The fraction of sp³-hybridized carbons (Fsp3) is 0.364. The van der Waals surface area contributed by atoms with Crippen molar-refractivity contribution in [1.29, 1.82) is 0 Å². The number of aryl methyl sites for hydroxylation is 1. The average molecular weight is 398 g/mol. The molecule has 0 aromatic heterocycles. The third kappa shape index (κ3) is 4.13. The van der Waals surface area contributed by atoms with Crippen molar-refractivity contribution in [3.63, 3.8) is 0 Å². The highest BCUT2D eigenvalue weighted by Crippen LogP contribution is 2.40. The summed E-state index contributed by atoms with van der Waals surface area (Å²) in [4.78, 5) is 27.0. The van der Waals surface area contributed by atoms with Crippen molar-refractivity contribution in [3.05, 3.63) is 41.5 Å². The fourth-order valence-corrected chi connectivity index (χ4v) is 3.52. The molecule has 2 aromatic rings. The Labute approximate surface area is 170 Å². The van der Waals surface area contributed by atoms with Gasteiger partial charge in [0.1, 0.15) is 0 Å². The summed E-state index contributed by atoms with van der Waals surface area (Å²) in [6, 6.07) is 8.84. The summed E-state index contributed by atoms with van der Waals surface area (Å²) < 4.78 is 16.0. The lowest BCUT2D eigenvalue weighted by Crippen LogP contribution is -2.35. The lowest BCUT2D eigenvalue weighted by molar-refractivity contribution is -0.119. The zero-order valence-electron chi connectivity index (χ0n) is 17.2. The van der Waals surface area contributed by atoms with Gasteiger partial charge in [-0.05, 0) is 49.6 Å². The Morgan fingerprint density at radius 1 is 1.00 bits per heavy atom. The van der Waals surface area contributed by atoms with Gasteiger partial charge < -0.3 is 24.4 Å². The molecule has 1 aliphatic rings. The summed E-state index contributed by atoms with van der Waals surface area (Å²) in [6.07, 6.45) is 2.45. The molecule has 1 fully saturated rings. The zero-order valence-corrected chi connectivity index (χ0v) is 17.2. The quantitative estimate of drug-likeness (QED) is 0.801. The number of nitrogens with zero attached hydrogens (tertiary/aromatic N) is 1. The van der Waals surface area contributed by atoms with Gasteiger partial charge in [0.25, 0.3) is 5.91 Å². The van der Waals surface area contributed by atoms with Crippen molar-refractivity contribution in [3.8, 4) is 17.2 Å². The third-order valence-electron chi connectivity index (χ3n) is 5.03. The van der Waals surface area contributed by atoms with Crippen LogP contribution >= 0.6 is 0 Å². The Kier molecular flexibility index (Phi) is 6.26. The molecular formula is C22H26N2O5. The van der Waals surface area contributed by atoms with E-state index in [0.29, 0.717) is 41.5 Å². The molecule has 0 bridgehead atoms. The molecule has 1 aliphatic heterocycles. The van der Waals surface area contributed by atoms with Crippen LogP contribution in [0.2, 0.25) is 0 Å². The van der Waals surface area contributed by atoms with E-state index in [2.05, 4.69) is 5.32 Å². The molecule has 7 nitrogen and oxygen atoms in total. The number of ether oxygens (including phenoxy) is 3. The Bertz CT molecular complexity index is 926. The van der Waals surface area contributed by atoms with Crippen molar-refractivity contribution in [2.24, 2.45) is 0 Å². The lowest BCUT2D eigenvalue weighted by Gasteiger charge is -2.28. The van der Waals surface area contributed by atoms with E-state index in [1.807, 2.05) is 25.1 Å². The molecule has 1 N–H and O–H groups in total. The number of hydrogen-bond donors (Lipinski definition) is 1. The normalized spacial score (nSPS) is 13.8. The maximum absolute atomic E-state index is 12.9. The number of benzene rings is 2. The van der Waals surface area contributed by atoms with Gasteiger partial charge in [-0.15, -0.1) is 0 Å². The second kappa shape index (κ2) is 8.86. The average Bonchev–Trinajstić information content (AvgIpc) is 2.74. The van der Waals surface area contributed by atoms with Crippen LogP contribution in [-0.4, -0.2) is 39.7 Å². The van der Waals surface area contributed by atoms with E-state index in [9.17, 15) is 9.59 Å². The smallest absolute Gasteiger partial charge is 0.259 e. The molecule has 154 valence electrons.